The fraction of sp³-hybridized carbons (Fsp3) is 0.556. The smallest absolute Gasteiger partial charge is 0.191 e. The third kappa shape index (κ3) is 5.94. The highest BCUT2D eigenvalue weighted by Gasteiger charge is 2.25. The standard InChI is InChI=1S/C18H28N6O2.HI/c1-14-4-5-17(26-14)16(24-8-10-25-11-9-24)13-21-18(19-2)20-12-15-6-7-22-23(15)3;/h4-7,16H,8-13H2,1-3H3,(H2,19,20,21);1H. The molecule has 0 aromatic carbocycles. The maximum absolute atomic E-state index is 5.91. The molecule has 1 aliphatic rings. The van der Waals surface area contributed by atoms with E-state index >= 15 is 0 Å². The molecule has 2 aromatic heterocycles. The van der Waals surface area contributed by atoms with Crippen molar-refractivity contribution in [3.63, 3.8) is 0 Å². The number of rotatable bonds is 6. The van der Waals surface area contributed by atoms with E-state index in [0.29, 0.717) is 13.1 Å². The summed E-state index contributed by atoms with van der Waals surface area (Å²) < 4.78 is 13.2. The summed E-state index contributed by atoms with van der Waals surface area (Å²) in [6.07, 6.45) is 1.79. The van der Waals surface area contributed by atoms with Gasteiger partial charge in [-0.2, -0.15) is 5.10 Å². The van der Waals surface area contributed by atoms with E-state index in [9.17, 15) is 0 Å². The summed E-state index contributed by atoms with van der Waals surface area (Å²) in [5, 5.41) is 10.9. The zero-order chi connectivity index (χ0) is 18.4. The molecule has 8 nitrogen and oxygen atoms in total. The summed E-state index contributed by atoms with van der Waals surface area (Å²) >= 11 is 0. The molecule has 3 heterocycles. The number of aryl methyl sites for hydroxylation is 2. The summed E-state index contributed by atoms with van der Waals surface area (Å²) in [6.45, 7) is 6.64. The van der Waals surface area contributed by atoms with E-state index in [-0.39, 0.29) is 30.0 Å². The van der Waals surface area contributed by atoms with Gasteiger partial charge in [-0.3, -0.25) is 14.6 Å². The normalized spacial score (nSPS) is 16.6. The SMILES string of the molecule is CN=C(NCc1ccnn1C)NCC(c1ccc(C)o1)N1CCOCC1.I. The highest BCUT2D eigenvalue weighted by Crippen LogP contribution is 2.23. The van der Waals surface area contributed by atoms with Crippen LogP contribution in [0.4, 0.5) is 0 Å². The van der Waals surface area contributed by atoms with Crippen molar-refractivity contribution in [1.82, 2.24) is 25.3 Å². The van der Waals surface area contributed by atoms with Gasteiger partial charge >= 0.3 is 0 Å². The van der Waals surface area contributed by atoms with E-state index in [4.69, 9.17) is 9.15 Å². The molecule has 0 saturated carbocycles. The maximum atomic E-state index is 5.91. The van der Waals surface area contributed by atoms with Crippen LogP contribution in [0.3, 0.4) is 0 Å². The summed E-state index contributed by atoms with van der Waals surface area (Å²) in [7, 11) is 3.71. The molecular formula is C18H29IN6O2. The van der Waals surface area contributed by atoms with Gasteiger partial charge in [0.15, 0.2) is 5.96 Å². The topological polar surface area (TPSA) is 79.8 Å². The van der Waals surface area contributed by atoms with Gasteiger partial charge < -0.3 is 19.8 Å². The molecule has 0 spiro atoms. The quantitative estimate of drug-likeness (QED) is 0.366. The largest absolute Gasteiger partial charge is 0.465 e. The summed E-state index contributed by atoms with van der Waals surface area (Å²) in [5.74, 6) is 2.66. The molecule has 9 heteroatoms. The van der Waals surface area contributed by atoms with Crippen molar-refractivity contribution in [2.75, 3.05) is 39.9 Å². The highest BCUT2D eigenvalue weighted by atomic mass is 127. The van der Waals surface area contributed by atoms with Crippen LogP contribution >= 0.6 is 24.0 Å². The number of ether oxygens (including phenoxy) is 1. The van der Waals surface area contributed by atoms with Crippen molar-refractivity contribution in [3.05, 3.63) is 41.6 Å². The van der Waals surface area contributed by atoms with Crippen molar-refractivity contribution in [2.24, 2.45) is 12.0 Å². The number of aromatic nitrogens is 2. The lowest BCUT2D eigenvalue weighted by atomic mass is 10.1. The van der Waals surface area contributed by atoms with Crippen LogP contribution < -0.4 is 10.6 Å². The van der Waals surface area contributed by atoms with Crippen LogP contribution in [0.1, 0.15) is 23.3 Å². The number of nitrogens with zero attached hydrogens (tertiary/aromatic N) is 4. The molecule has 0 aliphatic carbocycles. The molecule has 1 atom stereocenters. The molecule has 0 amide bonds. The molecule has 0 radical (unpaired) electrons. The van der Waals surface area contributed by atoms with Crippen molar-refractivity contribution < 1.29 is 9.15 Å². The molecular weight excluding hydrogens is 459 g/mol. The van der Waals surface area contributed by atoms with Gasteiger partial charge in [-0.05, 0) is 25.1 Å². The average Bonchev–Trinajstić information content (AvgIpc) is 3.27. The Bertz CT molecular complexity index is 723. The van der Waals surface area contributed by atoms with Gasteiger partial charge in [0.05, 0.1) is 31.5 Å². The van der Waals surface area contributed by atoms with Gasteiger partial charge in [0.25, 0.3) is 0 Å². The van der Waals surface area contributed by atoms with E-state index in [1.165, 1.54) is 0 Å². The van der Waals surface area contributed by atoms with E-state index in [2.05, 4.69) is 31.7 Å². The molecule has 27 heavy (non-hydrogen) atoms. The predicted octanol–water partition coefficient (Wildman–Crippen LogP) is 1.68. The Kier molecular flexibility index (Phi) is 8.58. The Hall–Kier alpha value is -1.59. The Morgan fingerprint density at radius 3 is 2.63 bits per heavy atom. The summed E-state index contributed by atoms with van der Waals surface area (Å²) in [6, 6.07) is 6.20. The molecule has 1 aliphatic heterocycles. The molecule has 3 rings (SSSR count). The first kappa shape index (κ1) is 21.7. The minimum Gasteiger partial charge on any atom is -0.465 e. The minimum atomic E-state index is 0. The number of furan rings is 1. The monoisotopic (exact) mass is 488 g/mol. The van der Waals surface area contributed by atoms with Crippen molar-refractivity contribution in [3.8, 4) is 0 Å². The van der Waals surface area contributed by atoms with Gasteiger partial charge in [-0.1, -0.05) is 0 Å². The second-order valence-corrected chi connectivity index (χ2v) is 6.37. The van der Waals surface area contributed by atoms with E-state index in [1.807, 2.05) is 30.8 Å². The minimum absolute atomic E-state index is 0. The lowest BCUT2D eigenvalue weighted by molar-refractivity contribution is 0.0124. The third-order valence-corrected chi connectivity index (χ3v) is 4.62. The number of aliphatic imine (C=N–C) groups is 1. The van der Waals surface area contributed by atoms with Gasteiger partial charge in [-0.25, -0.2) is 0 Å². The lowest BCUT2D eigenvalue weighted by Crippen LogP contribution is -2.46. The molecule has 2 N–H and O–H groups in total. The lowest BCUT2D eigenvalue weighted by Gasteiger charge is -2.33. The number of nitrogens with one attached hydrogen (secondary N) is 2. The predicted molar refractivity (Wildman–Crippen MR) is 115 cm³/mol. The van der Waals surface area contributed by atoms with Crippen molar-refractivity contribution >= 4 is 29.9 Å². The Labute approximate surface area is 177 Å². The van der Waals surface area contributed by atoms with Crippen molar-refractivity contribution in [2.45, 2.75) is 19.5 Å². The Balaban J connectivity index is 0.00000261. The zero-order valence-electron chi connectivity index (χ0n) is 16.1. The molecule has 1 fully saturated rings. The molecule has 1 saturated heterocycles. The van der Waals surface area contributed by atoms with Gasteiger partial charge in [0.1, 0.15) is 11.5 Å². The van der Waals surface area contributed by atoms with Crippen LogP contribution in [0, 0.1) is 6.92 Å². The number of hydrogen-bond acceptors (Lipinski definition) is 5. The van der Waals surface area contributed by atoms with Crippen LogP contribution in [0.2, 0.25) is 0 Å². The first-order valence-corrected chi connectivity index (χ1v) is 8.97. The Morgan fingerprint density at radius 1 is 1.26 bits per heavy atom. The highest BCUT2D eigenvalue weighted by molar-refractivity contribution is 14.0. The summed E-state index contributed by atoms with van der Waals surface area (Å²) in [4.78, 5) is 6.72. The van der Waals surface area contributed by atoms with E-state index in [0.717, 1.165) is 49.5 Å². The number of hydrogen-bond donors (Lipinski definition) is 2. The van der Waals surface area contributed by atoms with E-state index in [1.54, 1.807) is 13.2 Å². The number of morpholine rings is 1. The fourth-order valence-electron chi connectivity index (χ4n) is 3.09. The van der Waals surface area contributed by atoms with Crippen molar-refractivity contribution in [1.29, 1.82) is 0 Å². The Morgan fingerprint density at radius 2 is 2.04 bits per heavy atom. The maximum Gasteiger partial charge on any atom is 0.191 e. The molecule has 150 valence electrons. The van der Waals surface area contributed by atoms with Crippen LogP contribution in [-0.4, -0.2) is 60.5 Å². The first-order valence-electron chi connectivity index (χ1n) is 8.97. The molecule has 0 bridgehead atoms. The molecule has 2 aromatic rings. The van der Waals surface area contributed by atoms with Gasteiger partial charge in [0, 0.05) is 39.9 Å². The zero-order valence-corrected chi connectivity index (χ0v) is 18.5. The van der Waals surface area contributed by atoms with E-state index < -0.39 is 0 Å². The number of guanidine groups is 1. The van der Waals surface area contributed by atoms with Gasteiger partial charge in [-0.15, -0.1) is 24.0 Å². The third-order valence-electron chi connectivity index (χ3n) is 4.62. The second-order valence-electron chi connectivity index (χ2n) is 6.37. The van der Waals surface area contributed by atoms with Crippen LogP contribution in [-0.2, 0) is 18.3 Å². The average molecular weight is 488 g/mol. The number of halogens is 1. The summed E-state index contributed by atoms with van der Waals surface area (Å²) in [5.41, 5.74) is 1.10. The van der Waals surface area contributed by atoms with Gasteiger partial charge in [0.2, 0.25) is 0 Å². The van der Waals surface area contributed by atoms with Crippen LogP contribution in [0.15, 0.2) is 33.8 Å². The van der Waals surface area contributed by atoms with Crippen LogP contribution in [0.5, 0.6) is 0 Å². The van der Waals surface area contributed by atoms with Crippen LogP contribution in [0.25, 0.3) is 0 Å². The second kappa shape index (κ2) is 10.7. The molecule has 1 unspecified atom stereocenters. The first-order chi connectivity index (χ1) is 12.7. The fourth-order valence-corrected chi connectivity index (χ4v) is 3.09.